The number of esters is 2. The average Bonchev–Trinajstić information content (AvgIpc) is 2.62. The van der Waals surface area contributed by atoms with Gasteiger partial charge in [0.15, 0.2) is 11.5 Å². The predicted molar refractivity (Wildman–Crippen MR) is 96.5 cm³/mol. The quantitative estimate of drug-likeness (QED) is 0.577. The monoisotopic (exact) mass is 359 g/mol. The first-order valence-corrected chi connectivity index (χ1v) is 8.33. The number of aliphatic carboxylic acids is 1. The maximum atomic E-state index is 11.7. The number of nitrogens with one attached hydrogen (secondary N) is 1. The smallest absolute Gasteiger partial charge is 0.325 e. The van der Waals surface area contributed by atoms with Crippen LogP contribution in [0.1, 0.15) is 33.6 Å². The summed E-state index contributed by atoms with van der Waals surface area (Å²) >= 11 is 0. The van der Waals surface area contributed by atoms with Crippen LogP contribution >= 0.6 is 0 Å². The summed E-state index contributed by atoms with van der Waals surface area (Å²) in [5.41, 5.74) is 0.569. The van der Waals surface area contributed by atoms with Crippen LogP contribution in [-0.2, 0) is 14.4 Å². The van der Waals surface area contributed by atoms with E-state index in [0.29, 0.717) is 16.5 Å². The number of hydrogen-bond donors (Lipinski definition) is 2. The van der Waals surface area contributed by atoms with Gasteiger partial charge in [-0.1, -0.05) is 26.0 Å². The van der Waals surface area contributed by atoms with E-state index in [2.05, 4.69) is 5.32 Å². The van der Waals surface area contributed by atoms with E-state index in [1.54, 1.807) is 44.2 Å². The van der Waals surface area contributed by atoms with E-state index in [9.17, 15) is 14.4 Å². The third-order valence-electron chi connectivity index (χ3n) is 3.71. The molecule has 2 aromatic carbocycles. The third-order valence-corrected chi connectivity index (χ3v) is 3.71. The van der Waals surface area contributed by atoms with Gasteiger partial charge in [-0.15, -0.1) is 0 Å². The molecular weight excluding hydrogens is 338 g/mol. The molecule has 26 heavy (non-hydrogen) atoms. The van der Waals surface area contributed by atoms with Crippen LogP contribution in [0.2, 0.25) is 0 Å². The number of rotatable bonds is 7. The zero-order chi connectivity index (χ0) is 19.3. The van der Waals surface area contributed by atoms with Gasteiger partial charge in [-0.3, -0.25) is 14.4 Å². The molecule has 7 heteroatoms. The van der Waals surface area contributed by atoms with Crippen LogP contribution in [-0.4, -0.2) is 29.1 Å². The standard InChI is InChI=1S/C19H21NO6/c1-4-17(21)25-15-9-12-7-6-8-14(20-11(3)19(23)24)13(12)10-16(15)26-18(22)5-2/h6-11,20H,4-5H2,1-3H3,(H,23,24)/t11-/m0/s1. The van der Waals surface area contributed by atoms with Crippen LogP contribution in [0.4, 0.5) is 5.69 Å². The van der Waals surface area contributed by atoms with Crippen molar-refractivity contribution in [3.8, 4) is 11.5 Å². The molecule has 0 radical (unpaired) electrons. The largest absolute Gasteiger partial charge is 0.480 e. The highest BCUT2D eigenvalue weighted by Gasteiger charge is 2.17. The highest BCUT2D eigenvalue weighted by atomic mass is 16.6. The van der Waals surface area contributed by atoms with Crippen LogP contribution in [0.25, 0.3) is 10.8 Å². The van der Waals surface area contributed by atoms with Crippen molar-refractivity contribution in [1.82, 2.24) is 0 Å². The Balaban J connectivity index is 2.54. The van der Waals surface area contributed by atoms with Crippen LogP contribution < -0.4 is 14.8 Å². The number of carbonyl (C=O) groups excluding carboxylic acids is 2. The second-order valence-corrected chi connectivity index (χ2v) is 5.69. The number of anilines is 1. The molecule has 0 amide bonds. The molecule has 0 saturated heterocycles. The Kier molecular flexibility index (Phi) is 6.16. The van der Waals surface area contributed by atoms with Gasteiger partial charge in [-0.05, 0) is 30.5 Å². The first-order valence-electron chi connectivity index (χ1n) is 8.33. The minimum Gasteiger partial charge on any atom is -0.480 e. The van der Waals surface area contributed by atoms with Crippen molar-refractivity contribution in [1.29, 1.82) is 0 Å². The van der Waals surface area contributed by atoms with Crippen LogP contribution in [0.15, 0.2) is 30.3 Å². The van der Waals surface area contributed by atoms with Crippen LogP contribution in [0, 0.1) is 0 Å². The summed E-state index contributed by atoms with van der Waals surface area (Å²) in [7, 11) is 0. The second kappa shape index (κ2) is 8.33. The van der Waals surface area contributed by atoms with E-state index in [0.717, 1.165) is 0 Å². The van der Waals surface area contributed by atoms with Gasteiger partial charge in [0, 0.05) is 23.9 Å². The van der Waals surface area contributed by atoms with Crippen molar-refractivity contribution in [3.63, 3.8) is 0 Å². The molecule has 0 aliphatic heterocycles. The highest BCUT2D eigenvalue weighted by Crippen LogP contribution is 2.36. The van der Waals surface area contributed by atoms with Crippen molar-refractivity contribution in [2.45, 2.75) is 39.7 Å². The molecule has 7 nitrogen and oxygen atoms in total. The minimum absolute atomic E-state index is 0.114. The van der Waals surface area contributed by atoms with Crippen molar-refractivity contribution in [3.05, 3.63) is 30.3 Å². The van der Waals surface area contributed by atoms with Crippen LogP contribution in [0.5, 0.6) is 11.5 Å². The average molecular weight is 359 g/mol. The van der Waals surface area contributed by atoms with Gasteiger partial charge in [0.1, 0.15) is 6.04 Å². The van der Waals surface area contributed by atoms with Gasteiger partial charge >= 0.3 is 17.9 Å². The summed E-state index contributed by atoms with van der Waals surface area (Å²) in [6.45, 7) is 4.84. The SMILES string of the molecule is CCC(=O)Oc1cc2cccc(N[C@@H](C)C(=O)O)c2cc1OC(=O)CC. The molecule has 0 saturated carbocycles. The number of carbonyl (C=O) groups is 3. The summed E-state index contributed by atoms with van der Waals surface area (Å²) in [4.78, 5) is 34.5. The Morgan fingerprint density at radius 2 is 1.62 bits per heavy atom. The molecule has 0 aromatic heterocycles. The molecule has 0 unspecified atom stereocenters. The zero-order valence-electron chi connectivity index (χ0n) is 14.9. The number of carboxylic acid groups (broad SMARTS) is 1. The topological polar surface area (TPSA) is 102 Å². The Bertz CT molecular complexity index is 845. The fraction of sp³-hybridized carbons (Fsp3) is 0.316. The lowest BCUT2D eigenvalue weighted by molar-refractivity contribution is -0.137. The fourth-order valence-electron chi connectivity index (χ4n) is 2.25. The number of ether oxygens (including phenoxy) is 2. The summed E-state index contributed by atoms with van der Waals surface area (Å²) in [5.74, 6) is -1.65. The van der Waals surface area contributed by atoms with Gasteiger partial charge in [0.25, 0.3) is 0 Å². The van der Waals surface area contributed by atoms with Gasteiger partial charge in [-0.25, -0.2) is 0 Å². The van der Waals surface area contributed by atoms with E-state index >= 15 is 0 Å². The van der Waals surface area contributed by atoms with Gasteiger partial charge in [0.05, 0.1) is 0 Å². The zero-order valence-corrected chi connectivity index (χ0v) is 14.9. The summed E-state index contributed by atoms with van der Waals surface area (Å²) in [6.07, 6.45) is 0.339. The Morgan fingerprint density at radius 1 is 1.04 bits per heavy atom. The van der Waals surface area contributed by atoms with Crippen molar-refractivity contribution in [2.75, 3.05) is 5.32 Å². The van der Waals surface area contributed by atoms with Crippen LogP contribution in [0.3, 0.4) is 0 Å². The molecule has 0 spiro atoms. The molecule has 138 valence electrons. The van der Waals surface area contributed by atoms with Crippen molar-refractivity contribution < 1.29 is 29.0 Å². The third kappa shape index (κ3) is 4.50. The van der Waals surface area contributed by atoms with E-state index in [1.807, 2.05) is 0 Å². The molecule has 0 heterocycles. The molecule has 2 rings (SSSR count). The lowest BCUT2D eigenvalue weighted by Gasteiger charge is -2.16. The normalized spacial score (nSPS) is 11.7. The Morgan fingerprint density at radius 3 is 2.15 bits per heavy atom. The minimum atomic E-state index is -0.992. The Hall–Kier alpha value is -3.09. The van der Waals surface area contributed by atoms with Gasteiger partial charge in [-0.2, -0.15) is 0 Å². The van der Waals surface area contributed by atoms with Crippen molar-refractivity contribution in [2.24, 2.45) is 0 Å². The highest BCUT2D eigenvalue weighted by molar-refractivity contribution is 5.98. The lowest BCUT2D eigenvalue weighted by Crippen LogP contribution is -2.25. The second-order valence-electron chi connectivity index (χ2n) is 5.69. The summed E-state index contributed by atoms with van der Waals surface area (Å²) in [6, 6.07) is 7.63. The Labute approximate surface area is 150 Å². The molecule has 0 bridgehead atoms. The van der Waals surface area contributed by atoms with Gasteiger partial charge in [0.2, 0.25) is 0 Å². The maximum Gasteiger partial charge on any atom is 0.325 e. The molecule has 2 N–H and O–H groups in total. The number of carboxylic acids is 1. The first-order chi connectivity index (χ1) is 12.3. The predicted octanol–water partition coefficient (Wildman–Crippen LogP) is 3.36. The summed E-state index contributed by atoms with van der Waals surface area (Å²) in [5, 5.41) is 13.4. The molecular formula is C19H21NO6. The first kappa shape index (κ1) is 19.2. The van der Waals surface area contributed by atoms with E-state index < -0.39 is 23.9 Å². The number of fused-ring (bicyclic) bond motifs is 1. The molecule has 2 aromatic rings. The number of hydrogen-bond acceptors (Lipinski definition) is 6. The molecule has 0 aliphatic carbocycles. The van der Waals surface area contributed by atoms with E-state index in [4.69, 9.17) is 14.6 Å². The fourth-order valence-corrected chi connectivity index (χ4v) is 2.25. The molecule has 1 atom stereocenters. The maximum absolute atomic E-state index is 11.7. The van der Waals surface area contributed by atoms with Crippen molar-refractivity contribution >= 4 is 34.4 Å². The number of benzene rings is 2. The summed E-state index contributed by atoms with van der Waals surface area (Å²) < 4.78 is 10.6. The molecule has 0 fully saturated rings. The van der Waals surface area contributed by atoms with E-state index in [1.165, 1.54) is 6.92 Å². The molecule has 0 aliphatic rings. The lowest BCUT2D eigenvalue weighted by atomic mass is 10.1. The van der Waals surface area contributed by atoms with E-state index in [-0.39, 0.29) is 24.3 Å². The van der Waals surface area contributed by atoms with Gasteiger partial charge < -0.3 is 19.9 Å².